The van der Waals surface area contributed by atoms with Crippen molar-refractivity contribution in [3.63, 3.8) is 0 Å². The molecule has 0 aromatic carbocycles. The van der Waals surface area contributed by atoms with Gasteiger partial charge in [-0.05, 0) is 44.1 Å². The van der Waals surface area contributed by atoms with Crippen LogP contribution in [0.5, 0.6) is 0 Å². The number of carbonyl (C=O) groups excluding carboxylic acids is 1. The highest BCUT2D eigenvalue weighted by atomic mass is 35.5. The average molecular weight is 441 g/mol. The summed E-state index contributed by atoms with van der Waals surface area (Å²) < 4.78 is 3.17. The first-order valence-corrected chi connectivity index (χ1v) is 12.7. The molecule has 29 heavy (non-hydrogen) atoms. The molecule has 1 unspecified atom stereocenters. The predicted octanol–water partition coefficient (Wildman–Crippen LogP) is 5.85. The van der Waals surface area contributed by atoms with E-state index < -0.39 is 0 Å². The van der Waals surface area contributed by atoms with Gasteiger partial charge in [-0.2, -0.15) is 0 Å². The minimum absolute atomic E-state index is 0.462. The molecule has 3 rings (SSSR count). The van der Waals surface area contributed by atoms with Gasteiger partial charge in [0.25, 0.3) is 0 Å². The Balaban J connectivity index is 0.00000145. The van der Waals surface area contributed by atoms with Crippen LogP contribution < -0.4 is 9.62 Å². The maximum atomic E-state index is 11.6. The van der Waals surface area contributed by atoms with E-state index in [1.165, 1.54) is 50.5 Å². The third-order valence-electron chi connectivity index (χ3n) is 5.83. The van der Waals surface area contributed by atoms with Crippen molar-refractivity contribution in [3.05, 3.63) is 17.3 Å². The highest BCUT2D eigenvalue weighted by Crippen LogP contribution is 2.31. The average Bonchev–Trinajstić information content (AvgIpc) is 2.77. The number of aromatic nitrogens is 1. The van der Waals surface area contributed by atoms with Crippen LogP contribution in [0.25, 0.3) is 0 Å². The second kappa shape index (κ2) is 13.2. The van der Waals surface area contributed by atoms with Gasteiger partial charge in [0.15, 0.2) is 0 Å². The maximum Gasteiger partial charge on any atom is 0.209 e. The van der Waals surface area contributed by atoms with Crippen LogP contribution >= 0.6 is 23.5 Å². The highest BCUT2D eigenvalue weighted by Gasteiger charge is 2.25. The molecule has 0 spiro atoms. The molecular weight excluding hydrogens is 404 g/mol. The number of anilines is 2. The Hall–Kier alpha value is -1.14. The van der Waals surface area contributed by atoms with Crippen molar-refractivity contribution in [1.82, 2.24) is 9.88 Å². The summed E-state index contributed by atoms with van der Waals surface area (Å²) in [5, 5.41) is 0.700. The summed E-state index contributed by atoms with van der Waals surface area (Å²) in [6, 6.07) is 2.41. The van der Waals surface area contributed by atoms with Gasteiger partial charge >= 0.3 is 0 Å². The molecule has 1 aromatic heterocycles. The normalized spacial score (nSPS) is 19.9. The lowest BCUT2D eigenvalue weighted by molar-refractivity contribution is -0.121. The molecule has 1 aliphatic heterocycles. The van der Waals surface area contributed by atoms with E-state index in [1.54, 1.807) is 0 Å². The second-order valence-electron chi connectivity index (χ2n) is 7.71. The second-order valence-corrected chi connectivity index (χ2v) is 8.73. The number of hydrogen-bond acceptors (Lipinski definition) is 5. The molecule has 0 bridgehead atoms. The SMILES string of the molecule is CC.CSNc1cnc(N2CCCC(CCN(C=O)C3CCCCC3)C2)c(Cl)c1. The summed E-state index contributed by atoms with van der Waals surface area (Å²) in [6.07, 6.45) is 14.5. The Morgan fingerprint density at radius 2 is 2.03 bits per heavy atom. The molecule has 1 N–H and O–H groups in total. The summed E-state index contributed by atoms with van der Waals surface area (Å²) in [5.41, 5.74) is 0.930. The largest absolute Gasteiger partial charge is 0.355 e. The van der Waals surface area contributed by atoms with Crippen molar-refractivity contribution >= 4 is 41.5 Å². The van der Waals surface area contributed by atoms with Gasteiger partial charge in [0.1, 0.15) is 5.82 Å². The van der Waals surface area contributed by atoms with Gasteiger partial charge in [0.05, 0.1) is 16.9 Å². The van der Waals surface area contributed by atoms with Crippen LogP contribution in [0.3, 0.4) is 0 Å². The number of amides is 1. The third-order valence-corrected chi connectivity index (χ3v) is 6.55. The number of nitrogens with one attached hydrogen (secondary N) is 1. The number of piperidine rings is 1. The molecule has 2 fully saturated rings. The summed E-state index contributed by atoms with van der Waals surface area (Å²) in [4.78, 5) is 20.5. The topological polar surface area (TPSA) is 48.5 Å². The summed E-state index contributed by atoms with van der Waals surface area (Å²) in [7, 11) is 0. The van der Waals surface area contributed by atoms with Crippen molar-refractivity contribution in [2.24, 2.45) is 5.92 Å². The summed E-state index contributed by atoms with van der Waals surface area (Å²) >= 11 is 8.02. The molecule has 164 valence electrons. The van der Waals surface area contributed by atoms with Crippen molar-refractivity contribution in [3.8, 4) is 0 Å². The Morgan fingerprint density at radius 3 is 2.69 bits per heavy atom. The minimum Gasteiger partial charge on any atom is -0.355 e. The van der Waals surface area contributed by atoms with E-state index in [2.05, 4.69) is 19.5 Å². The van der Waals surface area contributed by atoms with Crippen LogP contribution in [0.15, 0.2) is 12.3 Å². The van der Waals surface area contributed by atoms with Crippen LogP contribution in [0.2, 0.25) is 5.02 Å². The first-order chi connectivity index (χ1) is 14.2. The van der Waals surface area contributed by atoms with Gasteiger partial charge in [0, 0.05) is 31.9 Å². The van der Waals surface area contributed by atoms with E-state index in [4.69, 9.17) is 11.6 Å². The molecule has 7 heteroatoms. The first kappa shape index (κ1) is 24.1. The monoisotopic (exact) mass is 440 g/mol. The predicted molar refractivity (Wildman–Crippen MR) is 127 cm³/mol. The number of nitrogens with zero attached hydrogens (tertiary/aromatic N) is 3. The van der Waals surface area contributed by atoms with E-state index in [0.717, 1.165) is 50.4 Å². The number of halogens is 1. The highest BCUT2D eigenvalue weighted by molar-refractivity contribution is 7.99. The molecule has 5 nitrogen and oxygen atoms in total. The fourth-order valence-electron chi connectivity index (χ4n) is 4.40. The molecule has 1 atom stereocenters. The zero-order valence-corrected chi connectivity index (χ0v) is 19.8. The van der Waals surface area contributed by atoms with E-state index in [0.29, 0.717) is 17.0 Å². The van der Waals surface area contributed by atoms with E-state index in [-0.39, 0.29) is 0 Å². The molecule has 1 aliphatic carbocycles. The molecule has 1 saturated heterocycles. The lowest BCUT2D eigenvalue weighted by Crippen LogP contribution is -2.40. The smallest absolute Gasteiger partial charge is 0.209 e. The first-order valence-electron chi connectivity index (χ1n) is 11.1. The zero-order chi connectivity index (χ0) is 21.1. The Labute approximate surface area is 186 Å². The van der Waals surface area contributed by atoms with E-state index >= 15 is 0 Å². The molecule has 1 amide bonds. The van der Waals surface area contributed by atoms with Crippen LogP contribution in [0, 0.1) is 5.92 Å². The van der Waals surface area contributed by atoms with Gasteiger partial charge in [-0.1, -0.05) is 56.7 Å². The number of rotatable bonds is 8. The molecule has 2 heterocycles. The van der Waals surface area contributed by atoms with Gasteiger partial charge in [0.2, 0.25) is 6.41 Å². The lowest BCUT2D eigenvalue weighted by atomic mass is 9.92. The van der Waals surface area contributed by atoms with Crippen LogP contribution in [-0.2, 0) is 4.79 Å². The van der Waals surface area contributed by atoms with Crippen molar-refractivity contribution in [2.45, 2.75) is 71.3 Å². The Bertz CT molecular complexity index is 612. The maximum absolute atomic E-state index is 11.6. The van der Waals surface area contributed by atoms with Crippen molar-refractivity contribution in [2.75, 3.05) is 35.5 Å². The van der Waals surface area contributed by atoms with Crippen LogP contribution in [0.4, 0.5) is 11.5 Å². The van der Waals surface area contributed by atoms with Crippen molar-refractivity contribution < 1.29 is 4.79 Å². The van der Waals surface area contributed by atoms with E-state index in [9.17, 15) is 4.79 Å². The van der Waals surface area contributed by atoms with Crippen LogP contribution in [-0.4, -0.2) is 48.2 Å². The number of pyridine rings is 1. The van der Waals surface area contributed by atoms with E-state index in [1.807, 2.05) is 32.4 Å². The quantitative estimate of drug-likeness (QED) is 0.406. The zero-order valence-electron chi connectivity index (χ0n) is 18.2. The molecule has 1 aromatic rings. The van der Waals surface area contributed by atoms with Gasteiger partial charge in [-0.25, -0.2) is 4.98 Å². The van der Waals surface area contributed by atoms with Crippen LogP contribution in [0.1, 0.15) is 65.2 Å². The number of hydrogen-bond donors (Lipinski definition) is 1. The van der Waals surface area contributed by atoms with Gasteiger partial charge in [-0.3, -0.25) is 4.79 Å². The lowest BCUT2D eigenvalue weighted by Gasteiger charge is -2.36. The van der Waals surface area contributed by atoms with Gasteiger partial charge < -0.3 is 14.5 Å². The standard InChI is InChI=1S/C20H31ClN4OS.C2H6/c1-27-23-17-12-19(21)20(22-13-17)24-10-5-6-16(14-24)9-11-25(15-26)18-7-3-2-4-8-18;1-2/h12-13,15-16,18,23H,2-11,14H2,1H3;1-2H3. The fraction of sp³-hybridized carbons (Fsp3) is 0.727. The summed E-state index contributed by atoms with van der Waals surface area (Å²) in [5.74, 6) is 1.47. The molecule has 2 aliphatic rings. The molecule has 0 radical (unpaired) electrons. The Morgan fingerprint density at radius 1 is 1.28 bits per heavy atom. The van der Waals surface area contributed by atoms with Crippen molar-refractivity contribution in [1.29, 1.82) is 0 Å². The number of carbonyl (C=O) groups is 1. The summed E-state index contributed by atoms with van der Waals surface area (Å²) in [6.45, 7) is 6.85. The fourth-order valence-corrected chi connectivity index (χ4v) is 5.03. The Kier molecular flexibility index (Phi) is 11.0. The molecular formula is C22H37ClN4OS. The molecule has 1 saturated carbocycles. The van der Waals surface area contributed by atoms with Gasteiger partial charge in [-0.15, -0.1) is 0 Å². The third kappa shape index (κ3) is 7.25. The minimum atomic E-state index is 0.462.